The Morgan fingerprint density at radius 1 is 1.38 bits per heavy atom. The van der Waals surface area contributed by atoms with E-state index in [-0.39, 0.29) is 10.7 Å². The van der Waals surface area contributed by atoms with Crippen molar-refractivity contribution in [2.75, 3.05) is 18.5 Å². The molecular formula is C16H17ClFN3O5. The number of carbonyl (C=O) groups excluding carboxylic acids is 4. The number of ether oxygens (including phenoxy) is 1. The summed E-state index contributed by atoms with van der Waals surface area (Å²) in [5, 5.41) is 4.91. The Balaban J connectivity index is 1.87. The lowest BCUT2D eigenvalue weighted by molar-refractivity contribution is -0.150. The van der Waals surface area contributed by atoms with Gasteiger partial charge in [0.1, 0.15) is 17.9 Å². The largest absolute Gasteiger partial charge is 0.454 e. The number of amides is 4. The molecule has 0 radical (unpaired) electrons. The molecule has 1 atom stereocenters. The lowest BCUT2D eigenvalue weighted by Gasteiger charge is -2.18. The van der Waals surface area contributed by atoms with Crippen molar-refractivity contribution >= 4 is 41.1 Å². The molecule has 1 heterocycles. The molecule has 26 heavy (non-hydrogen) atoms. The van der Waals surface area contributed by atoms with E-state index >= 15 is 0 Å². The predicted molar refractivity (Wildman–Crippen MR) is 89.9 cm³/mol. The van der Waals surface area contributed by atoms with Crippen molar-refractivity contribution in [2.24, 2.45) is 0 Å². The number of imide groups is 1. The van der Waals surface area contributed by atoms with Crippen molar-refractivity contribution in [3.63, 3.8) is 0 Å². The van der Waals surface area contributed by atoms with Gasteiger partial charge in [-0.05, 0) is 31.5 Å². The summed E-state index contributed by atoms with van der Waals surface area (Å²) in [6, 6.07) is 2.89. The highest BCUT2D eigenvalue weighted by Crippen LogP contribution is 2.21. The number of benzene rings is 1. The molecule has 0 bridgehead atoms. The van der Waals surface area contributed by atoms with E-state index in [9.17, 15) is 23.6 Å². The molecule has 4 amide bonds. The molecule has 2 rings (SSSR count). The molecule has 0 spiro atoms. The average molecular weight is 386 g/mol. The van der Waals surface area contributed by atoms with E-state index in [2.05, 4.69) is 10.6 Å². The summed E-state index contributed by atoms with van der Waals surface area (Å²) in [6.45, 7) is 1.93. The van der Waals surface area contributed by atoms with Gasteiger partial charge >= 0.3 is 12.0 Å². The van der Waals surface area contributed by atoms with E-state index in [1.807, 2.05) is 0 Å². The third-order valence-corrected chi connectivity index (χ3v) is 4.14. The zero-order valence-electron chi connectivity index (χ0n) is 14.1. The first-order chi connectivity index (χ1) is 12.2. The predicted octanol–water partition coefficient (Wildman–Crippen LogP) is 1.68. The first-order valence-electron chi connectivity index (χ1n) is 7.71. The summed E-state index contributed by atoms with van der Waals surface area (Å²) < 4.78 is 18.2. The SMILES string of the molecule is CC[C@@]1(C)NC(=O)N(CC(=O)OCC(=O)Nc2cc(Cl)ccc2F)C1=O. The van der Waals surface area contributed by atoms with Crippen molar-refractivity contribution in [2.45, 2.75) is 25.8 Å². The Morgan fingerprint density at radius 2 is 2.08 bits per heavy atom. The van der Waals surface area contributed by atoms with Crippen LogP contribution in [0.4, 0.5) is 14.9 Å². The van der Waals surface area contributed by atoms with Crippen LogP contribution in [0.1, 0.15) is 20.3 Å². The number of anilines is 1. The first kappa shape index (κ1) is 19.6. The summed E-state index contributed by atoms with van der Waals surface area (Å²) in [4.78, 5) is 48.2. The summed E-state index contributed by atoms with van der Waals surface area (Å²) in [5.74, 6) is -3.00. The van der Waals surface area contributed by atoms with E-state index in [0.29, 0.717) is 6.42 Å². The van der Waals surface area contributed by atoms with Crippen LogP contribution in [0, 0.1) is 5.82 Å². The fourth-order valence-corrected chi connectivity index (χ4v) is 2.40. The van der Waals surface area contributed by atoms with Gasteiger partial charge in [0.05, 0.1) is 5.69 Å². The molecule has 1 aliphatic heterocycles. The van der Waals surface area contributed by atoms with Crippen LogP contribution in [-0.2, 0) is 19.1 Å². The van der Waals surface area contributed by atoms with E-state index in [0.717, 1.165) is 11.0 Å². The Bertz CT molecular complexity index is 772. The van der Waals surface area contributed by atoms with Crippen LogP contribution >= 0.6 is 11.6 Å². The molecule has 1 saturated heterocycles. The monoisotopic (exact) mass is 385 g/mol. The maximum Gasteiger partial charge on any atom is 0.326 e. The van der Waals surface area contributed by atoms with Crippen LogP contribution in [-0.4, -0.2) is 47.4 Å². The number of nitrogens with one attached hydrogen (secondary N) is 2. The molecule has 8 nitrogen and oxygen atoms in total. The Morgan fingerprint density at radius 3 is 2.69 bits per heavy atom. The summed E-state index contributed by atoms with van der Waals surface area (Å²) in [6.07, 6.45) is 0.358. The van der Waals surface area contributed by atoms with Gasteiger partial charge in [0.15, 0.2) is 6.61 Å². The van der Waals surface area contributed by atoms with E-state index in [1.165, 1.54) is 12.1 Å². The molecule has 1 aromatic rings. The molecule has 10 heteroatoms. The fourth-order valence-electron chi connectivity index (χ4n) is 2.23. The minimum absolute atomic E-state index is 0.161. The normalized spacial score (nSPS) is 19.3. The van der Waals surface area contributed by atoms with Crippen LogP contribution in [0.5, 0.6) is 0 Å². The van der Waals surface area contributed by atoms with Gasteiger partial charge in [-0.25, -0.2) is 9.18 Å². The number of hydrogen-bond donors (Lipinski definition) is 2. The smallest absolute Gasteiger partial charge is 0.326 e. The van der Waals surface area contributed by atoms with Gasteiger partial charge in [-0.3, -0.25) is 19.3 Å². The number of rotatable bonds is 6. The summed E-state index contributed by atoms with van der Waals surface area (Å²) >= 11 is 5.71. The Labute approximate surface area is 153 Å². The van der Waals surface area contributed by atoms with Crippen molar-refractivity contribution in [3.8, 4) is 0 Å². The second kappa shape index (κ2) is 7.69. The lowest BCUT2D eigenvalue weighted by atomic mass is 9.99. The average Bonchev–Trinajstić information content (AvgIpc) is 2.80. The van der Waals surface area contributed by atoms with Gasteiger partial charge in [-0.2, -0.15) is 0 Å². The molecule has 1 aliphatic rings. The Hall–Kier alpha value is -2.68. The van der Waals surface area contributed by atoms with E-state index in [4.69, 9.17) is 16.3 Å². The lowest BCUT2D eigenvalue weighted by Crippen LogP contribution is -2.43. The number of hydrogen-bond acceptors (Lipinski definition) is 5. The highest BCUT2D eigenvalue weighted by molar-refractivity contribution is 6.30. The van der Waals surface area contributed by atoms with Gasteiger partial charge in [-0.15, -0.1) is 0 Å². The van der Waals surface area contributed by atoms with Crippen LogP contribution in [0.25, 0.3) is 0 Å². The third kappa shape index (κ3) is 4.29. The first-order valence-corrected chi connectivity index (χ1v) is 8.08. The van der Waals surface area contributed by atoms with Crippen molar-refractivity contribution < 1.29 is 28.3 Å². The highest BCUT2D eigenvalue weighted by Gasteiger charge is 2.47. The van der Waals surface area contributed by atoms with E-state index in [1.54, 1.807) is 13.8 Å². The van der Waals surface area contributed by atoms with E-state index < -0.39 is 48.3 Å². The molecule has 0 aromatic heterocycles. The van der Waals surface area contributed by atoms with Gasteiger partial charge in [-0.1, -0.05) is 18.5 Å². The van der Waals surface area contributed by atoms with Crippen molar-refractivity contribution in [1.82, 2.24) is 10.2 Å². The molecule has 1 aromatic carbocycles. The number of nitrogens with zero attached hydrogens (tertiary/aromatic N) is 1. The third-order valence-electron chi connectivity index (χ3n) is 3.91. The van der Waals surface area contributed by atoms with Gasteiger partial charge < -0.3 is 15.4 Å². The molecule has 2 N–H and O–H groups in total. The number of urea groups is 1. The number of carbonyl (C=O) groups is 4. The summed E-state index contributed by atoms with van der Waals surface area (Å²) in [7, 11) is 0. The van der Waals surface area contributed by atoms with Crippen molar-refractivity contribution in [3.05, 3.63) is 29.0 Å². The van der Waals surface area contributed by atoms with Crippen LogP contribution in [0.15, 0.2) is 18.2 Å². The maximum atomic E-state index is 13.5. The minimum Gasteiger partial charge on any atom is -0.454 e. The summed E-state index contributed by atoms with van der Waals surface area (Å²) in [5.41, 5.74) is -1.23. The van der Waals surface area contributed by atoms with Crippen LogP contribution in [0.3, 0.4) is 0 Å². The number of halogens is 2. The highest BCUT2D eigenvalue weighted by atomic mass is 35.5. The Kier molecular flexibility index (Phi) is 5.81. The molecule has 0 saturated carbocycles. The zero-order valence-corrected chi connectivity index (χ0v) is 14.9. The van der Waals surface area contributed by atoms with Crippen LogP contribution < -0.4 is 10.6 Å². The topological polar surface area (TPSA) is 105 Å². The minimum atomic E-state index is -1.07. The molecular weight excluding hydrogens is 369 g/mol. The standard InChI is InChI=1S/C16H17ClFN3O5/c1-3-16(2)14(24)21(15(25)20-16)7-13(23)26-8-12(22)19-11-6-9(17)4-5-10(11)18/h4-6H,3,7-8H2,1-2H3,(H,19,22)(H,20,25)/t16-/m1/s1. The van der Waals surface area contributed by atoms with Crippen LogP contribution in [0.2, 0.25) is 5.02 Å². The molecule has 0 aliphatic carbocycles. The molecule has 1 fully saturated rings. The quantitative estimate of drug-likeness (QED) is 0.572. The van der Waals surface area contributed by atoms with Gasteiger partial charge in [0.2, 0.25) is 0 Å². The van der Waals surface area contributed by atoms with Gasteiger partial charge in [0.25, 0.3) is 11.8 Å². The zero-order chi connectivity index (χ0) is 19.5. The van der Waals surface area contributed by atoms with Gasteiger partial charge in [0, 0.05) is 5.02 Å². The second-order valence-electron chi connectivity index (χ2n) is 5.84. The van der Waals surface area contributed by atoms with Crippen molar-refractivity contribution in [1.29, 1.82) is 0 Å². The molecule has 0 unspecified atom stereocenters. The second-order valence-corrected chi connectivity index (χ2v) is 6.28. The number of esters is 1. The molecule has 140 valence electrons. The maximum absolute atomic E-state index is 13.5. The fraction of sp³-hybridized carbons (Fsp3) is 0.375.